The van der Waals surface area contributed by atoms with Gasteiger partial charge >= 0.3 is 0 Å². The molecular weight excluding hydrogens is 244 g/mol. The summed E-state index contributed by atoms with van der Waals surface area (Å²) in [6.45, 7) is 4.40. The lowest BCUT2D eigenvalue weighted by Crippen LogP contribution is -2.18. The van der Waals surface area contributed by atoms with Crippen molar-refractivity contribution < 1.29 is 14.3 Å². The first-order valence-corrected chi connectivity index (χ1v) is 6.47. The van der Waals surface area contributed by atoms with Crippen LogP contribution in [0.25, 0.3) is 0 Å². The predicted octanol–water partition coefficient (Wildman–Crippen LogP) is 2.57. The zero-order valence-corrected chi connectivity index (χ0v) is 11.2. The van der Waals surface area contributed by atoms with E-state index in [9.17, 15) is 4.79 Å². The Bertz CT molecular complexity index is 482. The fraction of sp³-hybridized carbons (Fsp3) is 0.429. The van der Waals surface area contributed by atoms with E-state index < -0.39 is 0 Å². The molecule has 5 heteroatoms. The maximum absolute atomic E-state index is 11.9. The summed E-state index contributed by atoms with van der Waals surface area (Å²) in [4.78, 5) is 11.9. The summed E-state index contributed by atoms with van der Waals surface area (Å²) in [5.41, 5.74) is 3.03. The smallest absolute Gasteiger partial charge is 0.271 e. The van der Waals surface area contributed by atoms with Gasteiger partial charge in [0, 0.05) is 11.8 Å². The molecular formula is C14H18N2O3. The molecule has 0 saturated heterocycles. The monoisotopic (exact) mass is 262 g/mol. The van der Waals surface area contributed by atoms with Crippen LogP contribution in [0.4, 0.5) is 0 Å². The Balaban J connectivity index is 1.97. The lowest BCUT2D eigenvalue weighted by Gasteiger charge is -2.05. The number of hydrogen-bond acceptors (Lipinski definition) is 4. The molecule has 0 fully saturated rings. The fourth-order valence-corrected chi connectivity index (χ4v) is 1.80. The van der Waals surface area contributed by atoms with Crippen molar-refractivity contribution in [2.24, 2.45) is 11.0 Å². The zero-order chi connectivity index (χ0) is 13.7. The number of hydrogen-bond donors (Lipinski definition) is 1. The van der Waals surface area contributed by atoms with E-state index in [-0.39, 0.29) is 12.7 Å². The lowest BCUT2D eigenvalue weighted by molar-refractivity contribution is 0.0954. The first kappa shape index (κ1) is 13.4. The van der Waals surface area contributed by atoms with E-state index in [1.165, 1.54) is 0 Å². The van der Waals surface area contributed by atoms with E-state index in [0.29, 0.717) is 23.0 Å². The van der Waals surface area contributed by atoms with Crippen LogP contribution in [0.5, 0.6) is 11.5 Å². The van der Waals surface area contributed by atoms with Crippen molar-refractivity contribution >= 4 is 12.1 Å². The van der Waals surface area contributed by atoms with E-state index in [1.54, 1.807) is 24.4 Å². The Labute approximate surface area is 112 Å². The Hall–Kier alpha value is -2.04. The number of benzene rings is 1. The van der Waals surface area contributed by atoms with Crippen LogP contribution in [-0.4, -0.2) is 18.9 Å². The van der Waals surface area contributed by atoms with E-state index in [2.05, 4.69) is 24.4 Å². The van der Waals surface area contributed by atoms with Gasteiger partial charge < -0.3 is 9.47 Å². The molecule has 1 N–H and O–H groups in total. The van der Waals surface area contributed by atoms with Crippen molar-refractivity contribution in [3.8, 4) is 11.5 Å². The van der Waals surface area contributed by atoms with Crippen molar-refractivity contribution in [2.75, 3.05) is 6.79 Å². The number of nitrogens with zero attached hydrogens (tertiary/aromatic N) is 1. The molecule has 1 aliphatic rings. The molecule has 0 spiro atoms. The van der Waals surface area contributed by atoms with Crippen LogP contribution in [-0.2, 0) is 0 Å². The Morgan fingerprint density at radius 2 is 2.11 bits per heavy atom. The van der Waals surface area contributed by atoms with Gasteiger partial charge in [0.1, 0.15) is 0 Å². The third-order valence-corrected chi connectivity index (χ3v) is 3.13. The molecule has 1 aromatic rings. The van der Waals surface area contributed by atoms with E-state index in [4.69, 9.17) is 9.47 Å². The van der Waals surface area contributed by atoms with Crippen LogP contribution >= 0.6 is 0 Å². The predicted molar refractivity (Wildman–Crippen MR) is 72.6 cm³/mol. The summed E-state index contributed by atoms with van der Waals surface area (Å²) < 4.78 is 10.4. The third-order valence-electron chi connectivity index (χ3n) is 3.13. The van der Waals surface area contributed by atoms with Gasteiger partial charge in [-0.3, -0.25) is 4.79 Å². The van der Waals surface area contributed by atoms with Gasteiger partial charge in [0.2, 0.25) is 6.79 Å². The molecule has 0 saturated carbocycles. The summed E-state index contributed by atoms with van der Waals surface area (Å²) in [5.74, 6) is 1.41. The molecule has 1 aliphatic heterocycles. The highest BCUT2D eigenvalue weighted by Crippen LogP contribution is 2.32. The number of carbonyl (C=O) groups excluding carboxylic acids is 1. The molecule has 0 atom stereocenters. The van der Waals surface area contributed by atoms with Crippen molar-refractivity contribution in [1.29, 1.82) is 0 Å². The van der Waals surface area contributed by atoms with E-state index in [0.717, 1.165) is 12.8 Å². The number of nitrogens with one attached hydrogen (secondary N) is 1. The normalized spacial score (nSPS) is 13.2. The number of hydrazone groups is 1. The molecule has 2 rings (SSSR count). The highest BCUT2D eigenvalue weighted by atomic mass is 16.7. The summed E-state index contributed by atoms with van der Waals surface area (Å²) in [7, 11) is 0. The number of rotatable bonds is 5. The molecule has 0 bridgehead atoms. The van der Waals surface area contributed by atoms with Gasteiger partial charge in [-0.05, 0) is 37.0 Å². The first-order chi connectivity index (χ1) is 9.24. The molecule has 0 aromatic heterocycles. The third kappa shape index (κ3) is 3.24. The van der Waals surface area contributed by atoms with Crippen LogP contribution in [0, 0.1) is 5.92 Å². The SMILES string of the molecule is CCC(/C=N\NC(=O)c1ccc2c(c1)OCO2)CC. The first-order valence-electron chi connectivity index (χ1n) is 6.47. The summed E-state index contributed by atoms with van der Waals surface area (Å²) in [6.07, 6.45) is 3.81. The maximum atomic E-state index is 11.9. The topological polar surface area (TPSA) is 59.9 Å². The minimum Gasteiger partial charge on any atom is -0.454 e. The average Bonchev–Trinajstić information content (AvgIpc) is 2.90. The fourth-order valence-electron chi connectivity index (χ4n) is 1.80. The van der Waals surface area contributed by atoms with Crippen molar-refractivity contribution in [2.45, 2.75) is 26.7 Å². The summed E-state index contributed by atoms with van der Waals surface area (Å²) in [6, 6.07) is 5.07. The molecule has 0 unspecified atom stereocenters. The van der Waals surface area contributed by atoms with Crippen LogP contribution in [0.1, 0.15) is 37.0 Å². The van der Waals surface area contributed by atoms with Crippen LogP contribution in [0.2, 0.25) is 0 Å². The maximum Gasteiger partial charge on any atom is 0.271 e. The van der Waals surface area contributed by atoms with Gasteiger partial charge in [0.05, 0.1) is 0 Å². The Morgan fingerprint density at radius 3 is 2.84 bits per heavy atom. The minimum atomic E-state index is -0.250. The van der Waals surface area contributed by atoms with Gasteiger partial charge in [-0.15, -0.1) is 0 Å². The molecule has 1 heterocycles. The van der Waals surface area contributed by atoms with Gasteiger partial charge in [0.25, 0.3) is 5.91 Å². The second-order valence-electron chi connectivity index (χ2n) is 4.36. The summed E-state index contributed by atoms with van der Waals surface area (Å²) in [5, 5.41) is 3.99. The minimum absolute atomic E-state index is 0.202. The van der Waals surface area contributed by atoms with Gasteiger partial charge in [-0.1, -0.05) is 13.8 Å². The Morgan fingerprint density at radius 1 is 1.37 bits per heavy atom. The largest absolute Gasteiger partial charge is 0.454 e. The quantitative estimate of drug-likeness (QED) is 0.655. The zero-order valence-electron chi connectivity index (χ0n) is 11.2. The Kier molecular flexibility index (Phi) is 4.39. The average molecular weight is 262 g/mol. The number of ether oxygens (including phenoxy) is 2. The van der Waals surface area contributed by atoms with Crippen molar-refractivity contribution in [3.05, 3.63) is 23.8 Å². The highest BCUT2D eigenvalue weighted by molar-refractivity contribution is 5.95. The molecule has 19 heavy (non-hydrogen) atoms. The second kappa shape index (κ2) is 6.22. The standard InChI is InChI=1S/C14H18N2O3/c1-3-10(4-2)8-15-16-14(17)11-5-6-12-13(7-11)19-9-18-12/h5-8,10H,3-4,9H2,1-2H3,(H,16,17)/b15-8-. The highest BCUT2D eigenvalue weighted by Gasteiger charge is 2.15. The van der Waals surface area contributed by atoms with Gasteiger partial charge in [-0.2, -0.15) is 5.10 Å². The molecule has 0 aliphatic carbocycles. The molecule has 1 amide bonds. The van der Waals surface area contributed by atoms with E-state index >= 15 is 0 Å². The second-order valence-corrected chi connectivity index (χ2v) is 4.36. The summed E-state index contributed by atoms with van der Waals surface area (Å²) >= 11 is 0. The lowest BCUT2D eigenvalue weighted by atomic mass is 10.1. The van der Waals surface area contributed by atoms with Gasteiger partial charge in [-0.25, -0.2) is 5.43 Å². The van der Waals surface area contributed by atoms with Gasteiger partial charge in [0.15, 0.2) is 11.5 Å². The van der Waals surface area contributed by atoms with Crippen molar-refractivity contribution in [1.82, 2.24) is 5.43 Å². The van der Waals surface area contributed by atoms with Crippen LogP contribution < -0.4 is 14.9 Å². The molecule has 5 nitrogen and oxygen atoms in total. The molecule has 0 radical (unpaired) electrons. The van der Waals surface area contributed by atoms with Crippen LogP contribution in [0.15, 0.2) is 23.3 Å². The molecule has 1 aromatic carbocycles. The van der Waals surface area contributed by atoms with Crippen LogP contribution in [0.3, 0.4) is 0 Å². The van der Waals surface area contributed by atoms with Crippen molar-refractivity contribution in [3.63, 3.8) is 0 Å². The number of fused-ring (bicyclic) bond motifs is 1. The number of carbonyl (C=O) groups is 1. The molecule has 102 valence electrons. The van der Waals surface area contributed by atoms with E-state index in [1.807, 2.05) is 0 Å². The number of amides is 1.